The molecular formula is C5H8Cl2O4S. The van der Waals surface area contributed by atoms with Crippen molar-refractivity contribution in [3.63, 3.8) is 0 Å². The zero-order chi connectivity index (χ0) is 9.99. The maximum Gasteiger partial charge on any atom is 0.306 e. The third kappa shape index (κ3) is 2.58. The van der Waals surface area contributed by atoms with Crippen molar-refractivity contribution in [3.8, 4) is 0 Å². The fourth-order valence-corrected chi connectivity index (χ4v) is 1.10. The second-order valence-corrected chi connectivity index (χ2v) is 5.50. The Labute approximate surface area is 80.6 Å². The summed E-state index contributed by atoms with van der Waals surface area (Å²) >= 11 is 10.2. The molecule has 0 rings (SSSR count). The van der Waals surface area contributed by atoms with Gasteiger partial charge in [0.15, 0.2) is 5.78 Å². The molecule has 0 spiro atoms. The van der Waals surface area contributed by atoms with Crippen LogP contribution in [0.1, 0.15) is 19.8 Å². The average molecular weight is 235 g/mol. The van der Waals surface area contributed by atoms with Gasteiger partial charge >= 0.3 is 13.8 Å². The van der Waals surface area contributed by atoms with Crippen LogP contribution in [0.15, 0.2) is 0 Å². The Morgan fingerprint density at radius 3 is 2.17 bits per heavy atom. The monoisotopic (exact) mass is 234 g/mol. The predicted octanol–water partition coefficient (Wildman–Crippen LogP) is 1.37. The molecule has 0 atom stereocenters. The van der Waals surface area contributed by atoms with Gasteiger partial charge in [0.05, 0.1) is 0 Å². The summed E-state index contributed by atoms with van der Waals surface area (Å²) in [5.74, 6) is -0.921. The van der Waals surface area contributed by atoms with Gasteiger partial charge in [-0.2, -0.15) is 8.42 Å². The first-order chi connectivity index (χ1) is 5.23. The van der Waals surface area contributed by atoms with Gasteiger partial charge in [0.1, 0.15) is 0 Å². The van der Waals surface area contributed by atoms with Crippen molar-refractivity contribution in [1.29, 1.82) is 0 Å². The van der Waals surface area contributed by atoms with E-state index in [1.165, 1.54) is 0 Å². The molecule has 0 radical (unpaired) electrons. The van der Waals surface area contributed by atoms with Gasteiger partial charge in [-0.25, -0.2) is 0 Å². The molecule has 0 aromatic carbocycles. The standard InChI is InChI=1S/C5H8Cl2O4S/c1-2-3-4(8)5(6,7)12(9,10)11/h2-3H2,1H3,(H,9,10,11). The maximum atomic E-state index is 10.9. The van der Waals surface area contributed by atoms with Crippen LogP contribution in [0.4, 0.5) is 0 Å². The highest BCUT2D eigenvalue weighted by Gasteiger charge is 2.45. The maximum absolute atomic E-state index is 10.9. The van der Waals surface area contributed by atoms with Gasteiger partial charge in [0, 0.05) is 6.42 Å². The number of hydrogen-bond donors (Lipinski definition) is 1. The van der Waals surface area contributed by atoms with E-state index in [1.807, 2.05) is 0 Å². The molecule has 72 valence electrons. The molecule has 0 unspecified atom stereocenters. The number of Topliss-reactive ketones (excluding diaryl/α,β-unsaturated/α-hetero) is 1. The third-order valence-corrected chi connectivity index (χ3v) is 3.59. The largest absolute Gasteiger partial charge is 0.306 e. The van der Waals surface area contributed by atoms with Crippen molar-refractivity contribution in [2.24, 2.45) is 0 Å². The summed E-state index contributed by atoms with van der Waals surface area (Å²) in [4.78, 5) is 10.9. The highest BCUT2D eigenvalue weighted by Crippen LogP contribution is 2.29. The van der Waals surface area contributed by atoms with Crippen molar-refractivity contribution in [1.82, 2.24) is 0 Å². The quantitative estimate of drug-likeness (QED) is 0.590. The van der Waals surface area contributed by atoms with Crippen LogP contribution in [-0.4, -0.2) is 22.4 Å². The van der Waals surface area contributed by atoms with E-state index in [-0.39, 0.29) is 6.42 Å². The topological polar surface area (TPSA) is 71.4 Å². The molecule has 0 aromatic heterocycles. The zero-order valence-electron chi connectivity index (χ0n) is 6.25. The molecule has 12 heavy (non-hydrogen) atoms. The molecule has 0 aliphatic carbocycles. The highest BCUT2D eigenvalue weighted by atomic mass is 35.5. The van der Waals surface area contributed by atoms with E-state index >= 15 is 0 Å². The minimum absolute atomic E-state index is 0.0905. The Morgan fingerprint density at radius 1 is 1.50 bits per heavy atom. The summed E-state index contributed by atoms with van der Waals surface area (Å²) in [6, 6.07) is 0. The van der Waals surface area contributed by atoms with Crippen molar-refractivity contribution in [2.75, 3.05) is 0 Å². The van der Waals surface area contributed by atoms with Crippen LogP contribution in [0.3, 0.4) is 0 Å². The van der Waals surface area contributed by atoms with E-state index in [2.05, 4.69) is 0 Å². The molecule has 0 saturated carbocycles. The van der Waals surface area contributed by atoms with Crippen molar-refractivity contribution >= 4 is 39.1 Å². The van der Waals surface area contributed by atoms with E-state index in [9.17, 15) is 13.2 Å². The lowest BCUT2D eigenvalue weighted by molar-refractivity contribution is -0.118. The van der Waals surface area contributed by atoms with Gasteiger partial charge in [-0.3, -0.25) is 9.35 Å². The molecule has 0 fully saturated rings. The fourth-order valence-electron chi connectivity index (χ4n) is 0.516. The molecule has 0 amide bonds. The lowest BCUT2D eigenvalue weighted by atomic mass is 10.2. The Bertz CT molecular complexity index is 269. The molecule has 0 aromatic rings. The van der Waals surface area contributed by atoms with E-state index in [0.717, 1.165) is 0 Å². The number of carbonyl (C=O) groups excluding carboxylic acids is 1. The summed E-state index contributed by atoms with van der Waals surface area (Å²) in [5.41, 5.74) is 0. The van der Waals surface area contributed by atoms with Crippen LogP contribution in [0.2, 0.25) is 0 Å². The molecule has 0 heterocycles. The van der Waals surface area contributed by atoms with E-state index in [1.54, 1.807) is 6.92 Å². The van der Waals surface area contributed by atoms with Crippen LogP contribution in [-0.2, 0) is 14.9 Å². The molecular weight excluding hydrogens is 227 g/mol. The first-order valence-corrected chi connectivity index (χ1v) is 5.31. The smallest absolute Gasteiger partial charge is 0.295 e. The summed E-state index contributed by atoms with van der Waals surface area (Å²) in [6.07, 6.45) is 0.322. The third-order valence-electron chi connectivity index (χ3n) is 1.13. The lowest BCUT2D eigenvalue weighted by Gasteiger charge is -2.13. The first-order valence-electron chi connectivity index (χ1n) is 3.11. The Balaban J connectivity index is 4.75. The van der Waals surface area contributed by atoms with Crippen LogP contribution >= 0.6 is 23.2 Å². The number of ketones is 1. The lowest BCUT2D eigenvalue weighted by Crippen LogP contribution is -2.34. The second kappa shape index (κ2) is 3.91. The van der Waals surface area contributed by atoms with Crippen LogP contribution in [0.25, 0.3) is 0 Å². The fraction of sp³-hybridized carbons (Fsp3) is 0.800. The molecule has 0 aliphatic rings. The van der Waals surface area contributed by atoms with E-state index in [0.29, 0.717) is 6.42 Å². The molecule has 0 saturated heterocycles. The first kappa shape index (κ1) is 12.2. The van der Waals surface area contributed by atoms with Crippen LogP contribution in [0.5, 0.6) is 0 Å². The van der Waals surface area contributed by atoms with Crippen LogP contribution < -0.4 is 0 Å². The highest BCUT2D eigenvalue weighted by molar-refractivity contribution is 7.91. The molecule has 0 bridgehead atoms. The van der Waals surface area contributed by atoms with Gasteiger partial charge in [0.25, 0.3) is 0 Å². The average Bonchev–Trinajstić information content (AvgIpc) is 1.85. The van der Waals surface area contributed by atoms with Gasteiger partial charge < -0.3 is 0 Å². The van der Waals surface area contributed by atoms with Crippen LogP contribution in [0, 0.1) is 0 Å². The Hall–Kier alpha value is 0.160. The normalized spacial score (nSPS) is 13.0. The summed E-state index contributed by atoms with van der Waals surface area (Å²) in [6.45, 7) is 1.66. The minimum atomic E-state index is -4.74. The van der Waals surface area contributed by atoms with E-state index < -0.39 is 19.6 Å². The molecule has 7 heteroatoms. The van der Waals surface area contributed by atoms with Gasteiger partial charge in [0.2, 0.25) is 0 Å². The second-order valence-electron chi connectivity index (χ2n) is 2.17. The number of hydrogen-bond acceptors (Lipinski definition) is 3. The van der Waals surface area contributed by atoms with Crippen molar-refractivity contribution < 1.29 is 17.8 Å². The van der Waals surface area contributed by atoms with Gasteiger partial charge in [-0.1, -0.05) is 30.1 Å². The number of halogens is 2. The number of alkyl halides is 2. The Morgan fingerprint density at radius 2 is 1.92 bits per heavy atom. The summed E-state index contributed by atoms with van der Waals surface area (Å²) < 4.78 is 26.6. The summed E-state index contributed by atoms with van der Waals surface area (Å²) in [7, 11) is -4.74. The number of carbonyl (C=O) groups is 1. The molecule has 0 aliphatic heterocycles. The zero-order valence-corrected chi connectivity index (χ0v) is 8.58. The SMILES string of the molecule is CCCC(=O)C(Cl)(Cl)S(=O)(=O)O. The Kier molecular flexibility index (Phi) is 3.96. The predicted molar refractivity (Wildman–Crippen MR) is 45.9 cm³/mol. The van der Waals surface area contributed by atoms with Crippen molar-refractivity contribution in [2.45, 2.75) is 23.4 Å². The van der Waals surface area contributed by atoms with E-state index in [4.69, 9.17) is 27.8 Å². The van der Waals surface area contributed by atoms with Gasteiger partial charge in [-0.05, 0) is 6.42 Å². The summed E-state index contributed by atoms with van der Waals surface area (Å²) in [5, 5.41) is 0. The minimum Gasteiger partial charge on any atom is -0.295 e. The van der Waals surface area contributed by atoms with Crippen molar-refractivity contribution in [3.05, 3.63) is 0 Å². The molecule has 4 nitrogen and oxygen atoms in total. The number of rotatable bonds is 4. The van der Waals surface area contributed by atoms with Gasteiger partial charge in [-0.15, -0.1) is 0 Å². The molecule has 1 N–H and O–H groups in total.